The molecule has 0 spiro atoms. The highest BCUT2D eigenvalue weighted by Crippen LogP contribution is 2.31. The molecule has 0 aliphatic rings. The Morgan fingerprint density at radius 2 is 1.79 bits per heavy atom. The fourth-order valence-electron chi connectivity index (χ4n) is 2.99. The van der Waals surface area contributed by atoms with E-state index in [0.29, 0.717) is 17.6 Å². The van der Waals surface area contributed by atoms with Crippen molar-refractivity contribution in [1.29, 1.82) is 0 Å². The van der Waals surface area contributed by atoms with E-state index in [-0.39, 0.29) is 23.7 Å². The van der Waals surface area contributed by atoms with Crippen molar-refractivity contribution in [2.45, 2.75) is 32.5 Å². The van der Waals surface area contributed by atoms with Crippen molar-refractivity contribution in [3.63, 3.8) is 0 Å². The second kappa shape index (κ2) is 10.3. The number of methoxy groups -OCH3 is 1. The van der Waals surface area contributed by atoms with Gasteiger partial charge in [-0.1, -0.05) is 25.1 Å². The topological polar surface area (TPSA) is 61.3 Å². The summed E-state index contributed by atoms with van der Waals surface area (Å²) in [5.41, 5.74) is -0.203. The molecule has 1 unspecified atom stereocenters. The van der Waals surface area contributed by atoms with Gasteiger partial charge >= 0.3 is 6.18 Å². The van der Waals surface area contributed by atoms with Crippen LogP contribution in [0, 0.1) is 24.6 Å². The molecular weight excluding hydrogens is 452 g/mol. The highest BCUT2D eigenvalue weighted by molar-refractivity contribution is 6.00. The normalized spacial score (nSPS) is 11.9. The van der Waals surface area contributed by atoms with E-state index in [4.69, 9.17) is 9.47 Å². The number of halogens is 4. The first-order valence-corrected chi connectivity index (χ1v) is 10.1. The monoisotopic (exact) mass is 472 g/mol. The van der Waals surface area contributed by atoms with Gasteiger partial charge in [0.25, 0.3) is 0 Å². The number of carbonyl (C=O) groups excluding carboxylic acids is 1. The Balaban J connectivity index is 1.72. The number of aromatic nitrogens is 2. The molecule has 0 aliphatic heterocycles. The number of rotatable bonds is 6. The lowest BCUT2D eigenvalue weighted by molar-refractivity contribution is -0.137. The number of Topliss-reactive ketones (excluding diaryl/α,β-unsaturated/α-hetero) is 1. The summed E-state index contributed by atoms with van der Waals surface area (Å²) in [7, 11) is 1.57. The van der Waals surface area contributed by atoms with Crippen LogP contribution in [0.4, 0.5) is 17.6 Å². The van der Waals surface area contributed by atoms with Crippen molar-refractivity contribution >= 4 is 5.78 Å². The van der Waals surface area contributed by atoms with Gasteiger partial charge in [-0.3, -0.25) is 4.79 Å². The minimum atomic E-state index is -4.68. The van der Waals surface area contributed by atoms with Gasteiger partial charge in [0.1, 0.15) is 29.7 Å². The quantitative estimate of drug-likeness (QED) is 0.362. The zero-order valence-electron chi connectivity index (χ0n) is 18.5. The average molecular weight is 472 g/mol. The van der Waals surface area contributed by atoms with Gasteiger partial charge in [-0.15, -0.1) is 0 Å². The molecule has 1 heterocycles. The van der Waals surface area contributed by atoms with Crippen molar-refractivity contribution in [2.75, 3.05) is 7.11 Å². The van der Waals surface area contributed by atoms with Gasteiger partial charge in [0.2, 0.25) is 11.7 Å². The molecule has 3 aromatic rings. The molecule has 3 rings (SSSR count). The molecule has 0 N–H and O–H groups in total. The summed E-state index contributed by atoms with van der Waals surface area (Å²) < 4.78 is 63.2. The first kappa shape index (κ1) is 24.7. The Bertz CT molecular complexity index is 1250. The smallest absolute Gasteiger partial charge is 0.416 e. The van der Waals surface area contributed by atoms with Crippen LogP contribution in [0.25, 0.3) is 0 Å². The Morgan fingerprint density at radius 1 is 1.09 bits per heavy atom. The SMILES string of the molecule is COc1ccc(COc2cc(C#CC(=O)C(C)c3ccc(C(F)(F)F)cc3F)nc(C)n2)cc1. The van der Waals surface area contributed by atoms with Gasteiger partial charge in [0.15, 0.2) is 0 Å². The third-order valence-corrected chi connectivity index (χ3v) is 4.86. The summed E-state index contributed by atoms with van der Waals surface area (Å²) in [4.78, 5) is 20.8. The number of alkyl halides is 3. The van der Waals surface area contributed by atoms with Crippen LogP contribution in [-0.2, 0) is 17.6 Å². The van der Waals surface area contributed by atoms with E-state index in [2.05, 4.69) is 21.8 Å². The Morgan fingerprint density at radius 3 is 2.41 bits per heavy atom. The van der Waals surface area contributed by atoms with Gasteiger partial charge in [0, 0.05) is 6.07 Å². The van der Waals surface area contributed by atoms with Gasteiger partial charge in [-0.25, -0.2) is 9.37 Å². The lowest BCUT2D eigenvalue weighted by Crippen LogP contribution is -2.11. The van der Waals surface area contributed by atoms with Crippen LogP contribution in [0.1, 0.15) is 41.1 Å². The van der Waals surface area contributed by atoms with Crippen LogP contribution in [0.2, 0.25) is 0 Å². The first-order chi connectivity index (χ1) is 16.1. The van der Waals surface area contributed by atoms with Crippen LogP contribution < -0.4 is 9.47 Å². The lowest BCUT2D eigenvalue weighted by atomic mass is 9.95. The zero-order chi connectivity index (χ0) is 24.9. The van der Waals surface area contributed by atoms with E-state index in [9.17, 15) is 22.4 Å². The molecule has 176 valence electrons. The molecule has 1 aromatic heterocycles. The standard InChI is InChI=1S/C25H20F4N2O3/c1-15(21-10-6-18(12-22(21)26)25(27,28)29)23(32)11-7-19-13-24(31-16(2)30-19)34-14-17-4-8-20(33-3)9-5-17/h4-6,8-10,12-13,15H,14H2,1-3H3. The second-order valence-corrected chi connectivity index (χ2v) is 7.35. The van der Waals surface area contributed by atoms with E-state index in [1.54, 1.807) is 26.2 Å². The third kappa shape index (κ3) is 6.32. The molecule has 5 nitrogen and oxygen atoms in total. The number of hydrogen-bond donors (Lipinski definition) is 0. The van der Waals surface area contributed by atoms with E-state index in [1.165, 1.54) is 13.0 Å². The molecule has 0 radical (unpaired) electrons. The zero-order valence-corrected chi connectivity index (χ0v) is 18.5. The predicted molar refractivity (Wildman–Crippen MR) is 116 cm³/mol. The molecular formula is C25H20F4N2O3. The second-order valence-electron chi connectivity index (χ2n) is 7.35. The summed E-state index contributed by atoms with van der Waals surface area (Å²) in [6, 6.07) is 10.8. The molecule has 0 saturated heterocycles. The number of benzene rings is 2. The maximum atomic E-state index is 14.2. The Labute approximate surface area is 193 Å². The number of nitrogens with zero attached hydrogens (tertiary/aromatic N) is 2. The highest BCUT2D eigenvalue weighted by atomic mass is 19.4. The van der Waals surface area contributed by atoms with E-state index >= 15 is 0 Å². The van der Waals surface area contributed by atoms with Gasteiger partial charge in [-0.2, -0.15) is 18.2 Å². The third-order valence-electron chi connectivity index (χ3n) is 4.86. The first-order valence-electron chi connectivity index (χ1n) is 10.1. The highest BCUT2D eigenvalue weighted by Gasteiger charge is 2.32. The lowest BCUT2D eigenvalue weighted by Gasteiger charge is -2.12. The van der Waals surface area contributed by atoms with Crippen molar-refractivity contribution < 1.29 is 31.8 Å². The van der Waals surface area contributed by atoms with Crippen LogP contribution in [-0.4, -0.2) is 22.9 Å². The maximum Gasteiger partial charge on any atom is 0.416 e. The van der Waals surface area contributed by atoms with Gasteiger partial charge in [-0.05, 0) is 54.2 Å². The molecule has 1 atom stereocenters. The number of aryl methyl sites for hydroxylation is 1. The summed E-state index contributed by atoms with van der Waals surface area (Å²) in [6.45, 7) is 3.24. The van der Waals surface area contributed by atoms with Gasteiger partial charge in [0.05, 0.1) is 18.6 Å². The molecule has 9 heteroatoms. The van der Waals surface area contributed by atoms with Crippen molar-refractivity contribution in [3.8, 4) is 23.5 Å². The molecule has 2 aromatic carbocycles. The van der Waals surface area contributed by atoms with Crippen molar-refractivity contribution in [3.05, 3.63) is 82.6 Å². The van der Waals surface area contributed by atoms with Crippen molar-refractivity contribution in [2.24, 2.45) is 0 Å². The fraction of sp³-hybridized carbons (Fsp3) is 0.240. The Kier molecular flexibility index (Phi) is 7.51. The maximum absolute atomic E-state index is 14.2. The van der Waals surface area contributed by atoms with Crippen LogP contribution >= 0.6 is 0 Å². The summed E-state index contributed by atoms with van der Waals surface area (Å²) in [6.07, 6.45) is -4.68. The fourth-order valence-corrected chi connectivity index (χ4v) is 2.99. The number of carbonyl (C=O) groups is 1. The molecule has 34 heavy (non-hydrogen) atoms. The molecule has 0 amide bonds. The number of ether oxygens (including phenoxy) is 2. The minimum absolute atomic E-state index is 0.172. The molecule has 0 fully saturated rings. The summed E-state index contributed by atoms with van der Waals surface area (Å²) >= 11 is 0. The van der Waals surface area contributed by atoms with Crippen molar-refractivity contribution in [1.82, 2.24) is 9.97 Å². The number of hydrogen-bond acceptors (Lipinski definition) is 5. The Hall–Kier alpha value is -3.93. The molecule has 0 bridgehead atoms. The van der Waals surface area contributed by atoms with Crippen LogP contribution in [0.5, 0.6) is 11.6 Å². The minimum Gasteiger partial charge on any atom is -0.497 e. The predicted octanol–water partition coefficient (Wildman–Crippen LogP) is 5.25. The summed E-state index contributed by atoms with van der Waals surface area (Å²) in [5, 5.41) is 0. The van der Waals surface area contributed by atoms with E-state index in [0.717, 1.165) is 17.7 Å². The van der Waals surface area contributed by atoms with Crippen LogP contribution in [0.15, 0.2) is 48.5 Å². The average Bonchev–Trinajstić information content (AvgIpc) is 2.80. The largest absolute Gasteiger partial charge is 0.497 e. The number of ketones is 1. The molecule has 0 aliphatic carbocycles. The van der Waals surface area contributed by atoms with Crippen LogP contribution in [0.3, 0.4) is 0 Å². The van der Waals surface area contributed by atoms with Gasteiger partial charge < -0.3 is 9.47 Å². The summed E-state index contributed by atoms with van der Waals surface area (Å²) in [5.74, 6) is 3.45. The van der Waals surface area contributed by atoms with E-state index in [1.807, 2.05) is 12.1 Å². The van der Waals surface area contributed by atoms with E-state index < -0.39 is 29.3 Å². The molecule has 0 saturated carbocycles.